The zero-order valence-electron chi connectivity index (χ0n) is 14.6. The number of carbonyl (C=O) groups excluding carboxylic acids is 3. The first-order valence-electron chi connectivity index (χ1n) is 8.53. The monoisotopic (exact) mass is 362 g/mol. The van der Waals surface area contributed by atoms with Crippen molar-refractivity contribution in [2.75, 3.05) is 6.61 Å². The highest BCUT2D eigenvalue weighted by Gasteiger charge is 2.60. The SMILES string of the molecule is C=C(C)C(=O)O[C@@H]1/C=C(/C=O)CCC[C@@]2(CO2)[C@H](O)[C@H]2OC(=O)C(=C)[C@@H]21. The van der Waals surface area contributed by atoms with Gasteiger partial charge in [-0.15, -0.1) is 0 Å². The molecule has 2 aliphatic heterocycles. The first-order valence-corrected chi connectivity index (χ1v) is 8.53. The molecule has 3 aliphatic rings. The molecule has 2 heterocycles. The van der Waals surface area contributed by atoms with Crippen LogP contribution in [-0.4, -0.2) is 53.9 Å². The molecular weight excluding hydrogens is 340 g/mol. The third-order valence-corrected chi connectivity index (χ3v) is 5.17. The Balaban J connectivity index is 2.03. The second-order valence-electron chi connectivity index (χ2n) is 7.08. The second-order valence-corrected chi connectivity index (χ2v) is 7.08. The zero-order valence-corrected chi connectivity index (χ0v) is 14.6. The van der Waals surface area contributed by atoms with Crippen LogP contribution in [0, 0.1) is 5.92 Å². The minimum atomic E-state index is -1.08. The highest BCUT2D eigenvalue weighted by Crippen LogP contribution is 2.45. The summed E-state index contributed by atoms with van der Waals surface area (Å²) in [5.74, 6) is -2.13. The smallest absolute Gasteiger partial charge is 0.334 e. The molecule has 140 valence electrons. The Morgan fingerprint density at radius 2 is 2.19 bits per heavy atom. The number of fused-ring (bicyclic) bond motifs is 1. The predicted molar refractivity (Wildman–Crippen MR) is 89.9 cm³/mol. The van der Waals surface area contributed by atoms with Crippen LogP contribution in [0.1, 0.15) is 26.2 Å². The van der Waals surface area contributed by atoms with Crippen LogP contribution in [0.2, 0.25) is 0 Å². The fourth-order valence-electron chi connectivity index (χ4n) is 3.53. The molecule has 0 bridgehead atoms. The number of hydrogen-bond donors (Lipinski definition) is 1. The maximum absolute atomic E-state index is 12.1. The summed E-state index contributed by atoms with van der Waals surface area (Å²) < 4.78 is 16.3. The lowest BCUT2D eigenvalue weighted by molar-refractivity contribution is -0.152. The molecule has 3 rings (SSSR count). The number of hydrogen-bond acceptors (Lipinski definition) is 7. The Hall–Kier alpha value is -2.25. The number of aldehydes is 1. The van der Waals surface area contributed by atoms with E-state index in [1.54, 1.807) is 0 Å². The van der Waals surface area contributed by atoms with Gasteiger partial charge in [0.05, 0.1) is 12.5 Å². The number of ether oxygens (including phenoxy) is 3. The van der Waals surface area contributed by atoms with E-state index in [0.717, 1.165) is 0 Å². The van der Waals surface area contributed by atoms with Crippen LogP contribution in [-0.2, 0) is 28.6 Å². The van der Waals surface area contributed by atoms with Gasteiger partial charge in [-0.3, -0.25) is 4.79 Å². The molecule has 1 N–H and O–H groups in total. The number of epoxide rings is 1. The van der Waals surface area contributed by atoms with Crippen molar-refractivity contribution in [3.8, 4) is 0 Å². The van der Waals surface area contributed by atoms with Crippen LogP contribution in [0.4, 0.5) is 0 Å². The summed E-state index contributed by atoms with van der Waals surface area (Å²) in [6, 6.07) is 0. The Labute approximate surface area is 151 Å². The third kappa shape index (κ3) is 3.24. The summed E-state index contributed by atoms with van der Waals surface area (Å²) in [6.45, 7) is 9.13. The normalized spacial score (nSPS) is 38.6. The van der Waals surface area contributed by atoms with Gasteiger partial charge < -0.3 is 19.3 Å². The van der Waals surface area contributed by atoms with Crippen LogP contribution < -0.4 is 0 Å². The first kappa shape index (κ1) is 18.5. The third-order valence-electron chi connectivity index (χ3n) is 5.17. The molecule has 0 saturated carbocycles. The minimum absolute atomic E-state index is 0.0893. The van der Waals surface area contributed by atoms with Crippen molar-refractivity contribution in [1.82, 2.24) is 0 Å². The van der Waals surface area contributed by atoms with Crippen LogP contribution in [0.15, 0.2) is 36.0 Å². The van der Waals surface area contributed by atoms with Crippen LogP contribution >= 0.6 is 0 Å². The van der Waals surface area contributed by atoms with Crippen LogP contribution in [0.25, 0.3) is 0 Å². The van der Waals surface area contributed by atoms with E-state index in [0.29, 0.717) is 37.7 Å². The lowest BCUT2D eigenvalue weighted by atomic mass is 9.80. The topological polar surface area (TPSA) is 102 Å². The molecule has 7 nitrogen and oxygen atoms in total. The van der Waals surface area contributed by atoms with Crippen molar-refractivity contribution in [2.24, 2.45) is 5.92 Å². The van der Waals surface area contributed by atoms with Crippen molar-refractivity contribution in [3.05, 3.63) is 36.0 Å². The number of esters is 2. The van der Waals surface area contributed by atoms with E-state index in [1.807, 2.05) is 0 Å². The maximum Gasteiger partial charge on any atom is 0.334 e. The molecule has 1 spiro atoms. The van der Waals surface area contributed by atoms with E-state index >= 15 is 0 Å². The molecular formula is C19H22O7. The fraction of sp³-hybridized carbons (Fsp3) is 0.526. The van der Waals surface area contributed by atoms with E-state index in [-0.39, 0.29) is 11.1 Å². The standard InChI is InChI=1S/C19H22O7/c1-10(2)17(22)25-13-7-12(8-20)5-4-6-19(9-24-19)16(21)15-14(13)11(3)18(23)26-15/h7-8,13-16,21H,1,3-6,9H2,2H3/b12-7+/t13-,14-,15+,16-,19-/m1/s1. The van der Waals surface area contributed by atoms with E-state index in [1.165, 1.54) is 13.0 Å². The van der Waals surface area contributed by atoms with Crippen LogP contribution in [0.3, 0.4) is 0 Å². The number of carbonyl (C=O) groups is 3. The first-order chi connectivity index (χ1) is 12.3. The van der Waals surface area contributed by atoms with Gasteiger partial charge in [0.25, 0.3) is 0 Å². The van der Waals surface area contributed by atoms with Gasteiger partial charge in [-0.25, -0.2) is 9.59 Å². The van der Waals surface area contributed by atoms with Crippen molar-refractivity contribution in [2.45, 2.75) is 50.1 Å². The second kappa shape index (κ2) is 6.81. The van der Waals surface area contributed by atoms with Gasteiger partial charge >= 0.3 is 11.9 Å². The van der Waals surface area contributed by atoms with Gasteiger partial charge in [0.2, 0.25) is 0 Å². The lowest BCUT2D eigenvalue weighted by Crippen LogP contribution is -2.47. The largest absolute Gasteiger partial charge is 0.455 e. The predicted octanol–water partition coefficient (Wildman–Crippen LogP) is 1.01. The van der Waals surface area contributed by atoms with Crippen molar-refractivity contribution < 1.29 is 33.7 Å². The average molecular weight is 362 g/mol. The maximum atomic E-state index is 12.1. The molecule has 0 aromatic rings. The Morgan fingerprint density at radius 1 is 1.50 bits per heavy atom. The average Bonchev–Trinajstić information content (AvgIpc) is 3.32. The molecule has 2 saturated heterocycles. The number of aliphatic hydroxyl groups is 1. The quantitative estimate of drug-likeness (QED) is 0.346. The number of allylic oxidation sites excluding steroid dienone is 1. The summed E-state index contributed by atoms with van der Waals surface area (Å²) in [5, 5.41) is 10.8. The van der Waals surface area contributed by atoms with Gasteiger partial charge in [0.15, 0.2) is 0 Å². The zero-order chi connectivity index (χ0) is 19.1. The Morgan fingerprint density at radius 3 is 2.77 bits per heavy atom. The Bertz CT molecular complexity index is 701. The van der Waals surface area contributed by atoms with Crippen molar-refractivity contribution in [1.29, 1.82) is 0 Å². The summed E-state index contributed by atoms with van der Waals surface area (Å²) in [6.07, 6.45) is 0.772. The summed E-state index contributed by atoms with van der Waals surface area (Å²) in [5.41, 5.74) is -0.0886. The number of rotatable bonds is 3. The van der Waals surface area contributed by atoms with Crippen LogP contribution in [0.5, 0.6) is 0 Å². The minimum Gasteiger partial charge on any atom is -0.455 e. The molecule has 0 aromatic carbocycles. The van der Waals surface area contributed by atoms with Gasteiger partial charge in [-0.05, 0) is 37.8 Å². The van der Waals surface area contributed by atoms with Gasteiger partial charge in [0.1, 0.15) is 30.2 Å². The van der Waals surface area contributed by atoms with E-state index < -0.39 is 41.8 Å². The summed E-state index contributed by atoms with van der Waals surface area (Å²) >= 11 is 0. The summed E-state index contributed by atoms with van der Waals surface area (Å²) in [4.78, 5) is 35.6. The van der Waals surface area contributed by atoms with Crippen molar-refractivity contribution >= 4 is 18.2 Å². The van der Waals surface area contributed by atoms with E-state index in [9.17, 15) is 19.5 Å². The fourth-order valence-corrected chi connectivity index (χ4v) is 3.53. The molecule has 26 heavy (non-hydrogen) atoms. The lowest BCUT2D eigenvalue weighted by Gasteiger charge is -2.31. The highest BCUT2D eigenvalue weighted by atomic mass is 16.6. The van der Waals surface area contributed by atoms with Crippen molar-refractivity contribution in [3.63, 3.8) is 0 Å². The molecule has 0 radical (unpaired) electrons. The van der Waals surface area contributed by atoms with Gasteiger partial charge in [-0.2, -0.15) is 0 Å². The van der Waals surface area contributed by atoms with E-state index in [4.69, 9.17) is 14.2 Å². The molecule has 0 aromatic heterocycles. The van der Waals surface area contributed by atoms with Gasteiger partial charge in [0, 0.05) is 11.1 Å². The molecule has 2 fully saturated rings. The summed E-state index contributed by atoms with van der Waals surface area (Å²) in [7, 11) is 0. The molecule has 0 unspecified atom stereocenters. The molecule has 5 atom stereocenters. The molecule has 0 amide bonds. The van der Waals surface area contributed by atoms with Gasteiger partial charge in [-0.1, -0.05) is 13.2 Å². The molecule has 7 heteroatoms. The number of aliphatic hydroxyl groups excluding tert-OH is 1. The highest BCUT2D eigenvalue weighted by molar-refractivity contribution is 5.92. The van der Waals surface area contributed by atoms with E-state index in [2.05, 4.69) is 13.2 Å². The Kier molecular flexibility index (Phi) is 4.86. The molecule has 1 aliphatic carbocycles.